The lowest BCUT2D eigenvalue weighted by atomic mass is 10.2. The standard InChI is InChI=1S/C18H16ClN3O2S/c1-3-20-17(24)16-11(2)21-18(25-16)12-4-6-14(7-5-12)22-9-8-13(19)10-15(22)23/h4-10H,3H2,1-2H3,(H,20,24). The molecule has 25 heavy (non-hydrogen) atoms. The number of thiazole rings is 1. The lowest BCUT2D eigenvalue weighted by molar-refractivity contribution is 0.0959. The zero-order valence-corrected chi connectivity index (χ0v) is 15.3. The number of hydrogen-bond acceptors (Lipinski definition) is 4. The third-order valence-electron chi connectivity index (χ3n) is 3.61. The van der Waals surface area contributed by atoms with E-state index in [2.05, 4.69) is 10.3 Å². The quantitative estimate of drug-likeness (QED) is 0.758. The summed E-state index contributed by atoms with van der Waals surface area (Å²) in [5, 5.41) is 3.97. The van der Waals surface area contributed by atoms with Crippen LogP contribution in [-0.4, -0.2) is 22.0 Å². The fraction of sp³-hybridized carbons (Fsp3) is 0.167. The van der Waals surface area contributed by atoms with Gasteiger partial charge in [-0.05, 0) is 44.2 Å². The molecule has 5 nitrogen and oxygen atoms in total. The zero-order chi connectivity index (χ0) is 18.0. The topological polar surface area (TPSA) is 64.0 Å². The average Bonchev–Trinajstić information content (AvgIpc) is 2.97. The molecule has 0 aliphatic carbocycles. The molecule has 3 rings (SSSR count). The molecule has 1 N–H and O–H groups in total. The summed E-state index contributed by atoms with van der Waals surface area (Å²) >= 11 is 7.18. The van der Waals surface area contributed by atoms with Gasteiger partial charge in [0.15, 0.2) is 0 Å². The number of amides is 1. The fourth-order valence-electron chi connectivity index (χ4n) is 2.40. The second-order valence-electron chi connectivity index (χ2n) is 5.39. The van der Waals surface area contributed by atoms with E-state index >= 15 is 0 Å². The molecule has 0 bridgehead atoms. The van der Waals surface area contributed by atoms with Crippen molar-refractivity contribution in [2.45, 2.75) is 13.8 Å². The highest BCUT2D eigenvalue weighted by molar-refractivity contribution is 7.17. The molecule has 0 atom stereocenters. The molecule has 0 fully saturated rings. The number of aromatic nitrogens is 2. The number of carbonyl (C=O) groups is 1. The van der Waals surface area contributed by atoms with Crippen molar-refractivity contribution in [3.05, 3.63) is 68.5 Å². The number of nitrogens with zero attached hydrogens (tertiary/aromatic N) is 2. The molecule has 1 aromatic carbocycles. The zero-order valence-electron chi connectivity index (χ0n) is 13.7. The molecule has 0 saturated carbocycles. The molecule has 0 radical (unpaired) electrons. The van der Waals surface area contributed by atoms with Crippen molar-refractivity contribution < 1.29 is 4.79 Å². The van der Waals surface area contributed by atoms with Gasteiger partial charge in [-0.3, -0.25) is 14.2 Å². The summed E-state index contributed by atoms with van der Waals surface area (Å²) in [6.07, 6.45) is 1.64. The van der Waals surface area contributed by atoms with Crippen LogP contribution in [0, 0.1) is 6.92 Å². The van der Waals surface area contributed by atoms with Crippen molar-refractivity contribution in [1.82, 2.24) is 14.9 Å². The summed E-state index contributed by atoms with van der Waals surface area (Å²) in [5.74, 6) is -0.104. The van der Waals surface area contributed by atoms with Crippen LogP contribution in [0.25, 0.3) is 16.3 Å². The van der Waals surface area contributed by atoms with E-state index in [1.165, 1.54) is 22.0 Å². The third-order valence-corrected chi connectivity index (χ3v) is 5.05. The first kappa shape index (κ1) is 17.4. The molecule has 128 valence electrons. The van der Waals surface area contributed by atoms with Gasteiger partial charge in [-0.15, -0.1) is 11.3 Å². The Morgan fingerprint density at radius 2 is 2.00 bits per heavy atom. The van der Waals surface area contributed by atoms with Gasteiger partial charge in [0.05, 0.1) is 5.69 Å². The summed E-state index contributed by atoms with van der Waals surface area (Å²) in [7, 11) is 0. The number of carbonyl (C=O) groups excluding carboxylic acids is 1. The van der Waals surface area contributed by atoms with Gasteiger partial charge in [0.2, 0.25) is 0 Å². The Morgan fingerprint density at radius 1 is 1.28 bits per heavy atom. The molecular weight excluding hydrogens is 358 g/mol. The van der Waals surface area contributed by atoms with Gasteiger partial charge >= 0.3 is 0 Å². The van der Waals surface area contributed by atoms with Gasteiger partial charge in [0, 0.05) is 35.1 Å². The monoisotopic (exact) mass is 373 g/mol. The van der Waals surface area contributed by atoms with Crippen LogP contribution in [0.3, 0.4) is 0 Å². The Bertz CT molecular complexity index is 977. The van der Waals surface area contributed by atoms with E-state index in [9.17, 15) is 9.59 Å². The van der Waals surface area contributed by atoms with Gasteiger partial charge in [0.25, 0.3) is 11.5 Å². The minimum absolute atomic E-state index is 0.104. The molecule has 1 amide bonds. The number of pyridine rings is 1. The highest BCUT2D eigenvalue weighted by atomic mass is 35.5. The van der Waals surface area contributed by atoms with E-state index in [0.717, 1.165) is 16.3 Å². The van der Waals surface area contributed by atoms with Gasteiger partial charge in [-0.25, -0.2) is 4.98 Å². The minimum Gasteiger partial charge on any atom is -0.352 e. The summed E-state index contributed by atoms with van der Waals surface area (Å²) in [6.45, 7) is 4.29. The molecule has 7 heteroatoms. The molecule has 0 aliphatic rings. The number of benzene rings is 1. The van der Waals surface area contributed by atoms with E-state index in [1.807, 2.05) is 38.1 Å². The van der Waals surface area contributed by atoms with Gasteiger partial charge in [0.1, 0.15) is 9.88 Å². The second kappa shape index (κ2) is 7.21. The first-order chi connectivity index (χ1) is 12.0. The predicted molar refractivity (Wildman–Crippen MR) is 101 cm³/mol. The van der Waals surface area contributed by atoms with Crippen molar-refractivity contribution >= 4 is 28.8 Å². The van der Waals surface area contributed by atoms with E-state index < -0.39 is 0 Å². The van der Waals surface area contributed by atoms with Gasteiger partial charge in [-0.1, -0.05) is 11.6 Å². The van der Waals surface area contributed by atoms with Crippen LogP contribution >= 0.6 is 22.9 Å². The number of nitrogens with one attached hydrogen (secondary N) is 1. The minimum atomic E-state index is -0.191. The molecule has 0 aliphatic heterocycles. The fourth-order valence-corrected chi connectivity index (χ4v) is 3.54. The van der Waals surface area contributed by atoms with E-state index in [-0.39, 0.29) is 11.5 Å². The van der Waals surface area contributed by atoms with Crippen LogP contribution in [0.1, 0.15) is 22.3 Å². The molecule has 2 heterocycles. The predicted octanol–water partition coefficient (Wildman–Crippen LogP) is 3.67. The Hall–Kier alpha value is -2.44. The maximum absolute atomic E-state index is 12.0. The van der Waals surface area contributed by atoms with Crippen LogP contribution in [0.15, 0.2) is 47.4 Å². The van der Waals surface area contributed by atoms with E-state index in [1.54, 1.807) is 12.3 Å². The molecule has 0 saturated heterocycles. The summed E-state index contributed by atoms with van der Waals surface area (Å²) < 4.78 is 1.52. The second-order valence-corrected chi connectivity index (χ2v) is 6.83. The maximum atomic E-state index is 12.0. The Morgan fingerprint density at radius 3 is 2.64 bits per heavy atom. The molecule has 0 spiro atoms. The van der Waals surface area contributed by atoms with Crippen molar-refractivity contribution in [3.8, 4) is 16.3 Å². The first-order valence-corrected chi connectivity index (χ1v) is 8.93. The lowest BCUT2D eigenvalue weighted by Gasteiger charge is -2.06. The molecular formula is C18H16ClN3O2S. The van der Waals surface area contributed by atoms with Crippen molar-refractivity contribution in [3.63, 3.8) is 0 Å². The lowest BCUT2D eigenvalue weighted by Crippen LogP contribution is -2.22. The third kappa shape index (κ3) is 3.65. The SMILES string of the molecule is CCNC(=O)c1sc(-c2ccc(-n3ccc(Cl)cc3=O)cc2)nc1C. The maximum Gasteiger partial charge on any atom is 0.263 e. The van der Waals surface area contributed by atoms with E-state index in [4.69, 9.17) is 11.6 Å². The first-order valence-electron chi connectivity index (χ1n) is 7.74. The van der Waals surface area contributed by atoms with Crippen molar-refractivity contribution in [2.24, 2.45) is 0 Å². The number of hydrogen-bond donors (Lipinski definition) is 1. The highest BCUT2D eigenvalue weighted by Gasteiger charge is 2.15. The van der Waals surface area contributed by atoms with Crippen LogP contribution in [0.2, 0.25) is 5.02 Å². The summed E-state index contributed by atoms with van der Waals surface area (Å²) in [5.41, 5.74) is 2.16. The summed E-state index contributed by atoms with van der Waals surface area (Å²) in [4.78, 5) is 29.1. The largest absolute Gasteiger partial charge is 0.352 e. The van der Waals surface area contributed by atoms with Crippen LogP contribution in [0.5, 0.6) is 0 Å². The Balaban J connectivity index is 1.92. The van der Waals surface area contributed by atoms with E-state index in [0.29, 0.717) is 22.1 Å². The van der Waals surface area contributed by atoms with Gasteiger partial charge in [-0.2, -0.15) is 0 Å². The number of aryl methyl sites for hydroxylation is 1. The number of rotatable bonds is 4. The van der Waals surface area contributed by atoms with Crippen molar-refractivity contribution in [2.75, 3.05) is 6.54 Å². The van der Waals surface area contributed by atoms with Crippen LogP contribution in [0.4, 0.5) is 0 Å². The Kier molecular flexibility index (Phi) is 5.01. The number of halogens is 1. The smallest absolute Gasteiger partial charge is 0.263 e. The summed E-state index contributed by atoms with van der Waals surface area (Å²) in [6, 6.07) is 10.5. The van der Waals surface area contributed by atoms with Crippen LogP contribution in [-0.2, 0) is 0 Å². The Labute approximate surface area is 153 Å². The molecule has 0 unspecified atom stereocenters. The normalized spacial score (nSPS) is 10.7. The van der Waals surface area contributed by atoms with Crippen LogP contribution < -0.4 is 10.9 Å². The molecule has 2 aromatic heterocycles. The molecule has 3 aromatic rings. The van der Waals surface area contributed by atoms with Gasteiger partial charge < -0.3 is 5.32 Å². The van der Waals surface area contributed by atoms with Crippen molar-refractivity contribution in [1.29, 1.82) is 0 Å². The highest BCUT2D eigenvalue weighted by Crippen LogP contribution is 2.28. The average molecular weight is 374 g/mol.